The molecule has 0 heterocycles. The molecule has 2 rings (SSSR count). The van der Waals surface area contributed by atoms with Crippen LogP contribution in [-0.2, 0) is 11.2 Å². The molecule has 112 valence electrons. The van der Waals surface area contributed by atoms with E-state index in [0.29, 0.717) is 23.2 Å². The lowest BCUT2D eigenvalue weighted by Crippen LogP contribution is -2.13. The molecule has 2 aromatic carbocycles. The maximum Gasteiger partial charge on any atom is 0.337 e. The predicted molar refractivity (Wildman–Crippen MR) is 86.1 cm³/mol. The topological polar surface area (TPSA) is 55.4 Å². The summed E-state index contributed by atoms with van der Waals surface area (Å²) in [6, 6.07) is 14.0. The van der Waals surface area contributed by atoms with Crippen molar-refractivity contribution in [3.05, 3.63) is 77.9 Å². The Kier molecular flexibility index (Phi) is 5.09. The zero-order valence-corrected chi connectivity index (χ0v) is 12.3. The Morgan fingerprint density at radius 1 is 1.14 bits per heavy atom. The number of anilines is 1. The summed E-state index contributed by atoms with van der Waals surface area (Å²) < 4.78 is 4.71. The standard InChI is InChI=1S/C18H17NO3/c1-3-7-14-12-15(18(21)22-2)10-11-16(14)19-17(20)13-8-5-4-6-9-13/h3-6,8-12H,1,7H2,2H3,(H,19,20). The SMILES string of the molecule is C=CCc1cc(C(=O)OC)ccc1NC(=O)c1ccccc1. The molecule has 0 atom stereocenters. The average Bonchev–Trinajstić information content (AvgIpc) is 2.56. The molecule has 0 saturated heterocycles. The van der Waals surface area contributed by atoms with Gasteiger partial charge >= 0.3 is 5.97 Å². The summed E-state index contributed by atoms with van der Waals surface area (Å²) in [5, 5.41) is 2.86. The quantitative estimate of drug-likeness (QED) is 0.679. The van der Waals surface area contributed by atoms with Crippen LogP contribution in [-0.4, -0.2) is 19.0 Å². The molecule has 2 aromatic rings. The highest BCUT2D eigenvalue weighted by molar-refractivity contribution is 6.05. The van der Waals surface area contributed by atoms with Gasteiger partial charge in [0, 0.05) is 11.3 Å². The van der Waals surface area contributed by atoms with Gasteiger partial charge in [0.2, 0.25) is 0 Å². The first-order valence-electron chi connectivity index (χ1n) is 6.84. The summed E-state index contributed by atoms with van der Waals surface area (Å²) in [5.74, 6) is -0.608. The molecule has 0 unspecified atom stereocenters. The molecule has 4 nitrogen and oxygen atoms in total. The number of allylic oxidation sites excluding steroid dienone is 1. The van der Waals surface area contributed by atoms with E-state index in [1.165, 1.54) is 7.11 Å². The highest BCUT2D eigenvalue weighted by Gasteiger charge is 2.12. The molecule has 0 saturated carbocycles. The van der Waals surface area contributed by atoms with Gasteiger partial charge in [-0.1, -0.05) is 24.3 Å². The molecule has 0 fully saturated rings. The first-order valence-corrected chi connectivity index (χ1v) is 6.84. The van der Waals surface area contributed by atoms with Crippen molar-refractivity contribution in [2.75, 3.05) is 12.4 Å². The lowest BCUT2D eigenvalue weighted by atomic mass is 10.0. The van der Waals surface area contributed by atoms with Crippen LogP contribution in [0, 0.1) is 0 Å². The number of amides is 1. The van der Waals surface area contributed by atoms with Crippen molar-refractivity contribution in [1.82, 2.24) is 0 Å². The molecule has 0 aliphatic heterocycles. The third kappa shape index (κ3) is 3.61. The molecule has 1 N–H and O–H groups in total. The zero-order valence-electron chi connectivity index (χ0n) is 12.3. The molecule has 0 aliphatic rings. The Morgan fingerprint density at radius 2 is 1.86 bits per heavy atom. The Labute approximate surface area is 129 Å². The average molecular weight is 295 g/mol. The number of hydrogen-bond donors (Lipinski definition) is 1. The number of ether oxygens (including phenoxy) is 1. The number of carbonyl (C=O) groups excluding carboxylic acids is 2. The Morgan fingerprint density at radius 3 is 2.50 bits per heavy atom. The summed E-state index contributed by atoms with van der Waals surface area (Å²) in [4.78, 5) is 23.8. The fourth-order valence-electron chi connectivity index (χ4n) is 2.07. The molecule has 22 heavy (non-hydrogen) atoms. The van der Waals surface area contributed by atoms with Gasteiger partial charge in [-0.05, 0) is 42.3 Å². The zero-order chi connectivity index (χ0) is 15.9. The van der Waals surface area contributed by atoms with Crippen molar-refractivity contribution in [3.8, 4) is 0 Å². The number of methoxy groups -OCH3 is 1. The van der Waals surface area contributed by atoms with E-state index in [2.05, 4.69) is 11.9 Å². The number of rotatable bonds is 5. The van der Waals surface area contributed by atoms with Gasteiger partial charge < -0.3 is 10.1 Å². The van der Waals surface area contributed by atoms with Gasteiger partial charge in [0.05, 0.1) is 12.7 Å². The van der Waals surface area contributed by atoms with Gasteiger partial charge in [-0.2, -0.15) is 0 Å². The largest absolute Gasteiger partial charge is 0.465 e. The first-order chi connectivity index (χ1) is 10.7. The van der Waals surface area contributed by atoms with Crippen LogP contribution in [0.15, 0.2) is 61.2 Å². The minimum atomic E-state index is -0.411. The number of hydrogen-bond acceptors (Lipinski definition) is 3. The van der Waals surface area contributed by atoms with Crippen LogP contribution < -0.4 is 5.32 Å². The Bertz CT molecular complexity index is 693. The summed E-state index contributed by atoms with van der Waals surface area (Å²) in [5.41, 5.74) is 2.48. The maximum atomic E-state index is 12.2. The summed E-state index contributed by atoms with van der Waals surface area (Å²) in [7, 11) is 1.33. The minimum Gasteiger partial charge on any atom is -0.465 e. The van der Waals surface area contributed by atoms with Gasteiger partial charge in [-0.15, -0.1) is 6.58 Å². The van der Waals surface area contributed by atoms with E-state index < -0.39 is 5.97 Å². The fraction of sp³-hybridized carbons (Fsp3) is 0.111. The minimum absolute atomic E-state index is 0.197. The van der Waals surface area contributed by atoms with Crippen molar-refractivity contribution < 1.29 is 14.3 Å². The van der Waals surface area contributed by atoms with Crippen LogP contribution in [0.1, 0.15) is 26.3 Å². The smallest absolute Gasteiger partial charge is 0.337 e. The molecule has 0 bridgehead atoms. The Hall–Kier alpha value is -2.88. The molecular weight excluding hydrogens is 278 g/mol. The van der Waals surface area contributed by atoms with Crippen LogP contribution in [0.5, 0.6) is 0 Å². The fourth-order valence-corrected chi connectivity index (χ4v) is 2.07. The van der Waals surface area contributed by atoms with Crippen molar-refractivity contribution in [1.29, 1.82) is 0 Å². The van der Waals surface area contributed by atoms with E-state index in [1.54, 1.807) is 48.5 Å². The second kappa shape index (κ2) is 7.22. The highest BCUT2D eigenvalue weighted by atomic mass is 16.5. The molecule has 1 amide bonds. The third-order valence-corrected chi connectivity index (χ3v) is 3.17. The van der Waals surface area contributed by atoms with Crippen molar-refractivity contribution in [2.24, 2.45) is 0 Å². The van der Waals surface area contributed by atoms with Crippen LogP contribution in [0.2, 0.25) is 0 Å². The van der Waals surface area contributed by atoms with E-state index in [0.717, 1.165) is 5.56 Å². The van der Waals surface area contributed by atoms with Crippen LogP contribution in [0.25, 0.3) is 0 Å². The summed E-state index contributed by atoms with van der Waals surface area (Å²) >= 11 is 0. The second-order valence-corrected chi connectivity index (χ2v) is 4.68. The normalized spacial score (nSPS) is 9.86. The highest BCUT2D eigenvalue weighted by Crippen LogP contribution is 2.20. The number of benzene rings is 2. The number of carbonyl (C=O) groups is 2. The summed E-state index contributed by atoms with van der Waals surface area (Å²) in [6.07, 6.45) is 2.25. The molecule has 0 aliphatic carbocycles. The van der Waals surface area contributed by atoms with E-state index in [4.69, 9.17) is 4.74 Å². The second-order valence-electron chi connectivity index (χ2n) is 4.68. The van der Waals surface area contributed by atoms with Crippen molar-refractivity contribution in [3.63, 3.8) is 0 Å². The van der Waals surface area contributed by atoms with Crippen molar-refractivity contribution >= 4 is 17.6 Å². The lowest BCUT2D eigenvalue weighted by molar-refractivity contribution is 0.0600. The molecule has 0 radical (unpaired) electrons. The van der Waals surface area contributed by atoms with Crippen LogP contribution in [0.3, 0.4) is 0 Å². The van der Waals surface area contributed by atoms with Gasteiger partial charge in [0.15, 0.2) is 0 Å². The summed E-state index contributed by atoms with van der Waals surface area (Å²) in [6.45, 7) is 3.70. The molecular formula is C18H17NO3. The number of nitrogens with one attached hydrogen (secondary N) is 1. The first kappa shape index (κ1) is 15.5. The monoisotopic (exact) mass is 295 g/mol. The predicted octanol–water partition coefficient (Wildman–Crippen LogP) is 3.45. The lowest BCUT2D eigenvalue weighted by Gasteiger charge is -2.11. The van der Waals surface area contributed by atoms with E-state index in [-0.39, 0.29) is 5.91 Å². The van der Waals surface area contributed by atoms with Gasteiger partial charge in [-0.25, -0.2) is 4.79 Å². The number of esters is 1. The maximum absolute atomic E-state index is 12.2. The van der Waals surface area contributed by atoms with E-state index >= 15 is 0 Å². The molecule has 0 aromatic heterocycles. The van der Waals surface area contributed by atoms with Gasteiger partial charge in [0.25, 0.3) is 5.91 Å². The Balaban J connectivity index is 2.28. The third-order valence-electron chi connectivity index (χ3n) is 3.17. The van der Waals surface area contributed by atoms with Crippen molar-refractivity contribution in [2.45, 2.75) is 6.42 Å². The van der Waals surface area contributed by atoms with E-state index in [9.17, 15) is 9.59 Å². The van der Waals surface area contributed by atoms with Gasteiger partial charge in [-0.3, -0.25) is 4.79 Å². The molecule has 4 heteroatoms. The van der Waals surface area contributed by atoms with Crippen LogP contribution in [0.4, 0.5) is 5.69 Å². The molecule has 0 spiro atoms. The van der Waals surface area contributed by atoms with Gasteiger partial charge in [0.1, 0.15) is 0 Å². The van der Waals surface area contributed by atoms with Crippen LogP contribution >= 0.6 is 0 Å². The van der Waals surface area contributed by atoms with E-state index in [1.807, 2.05) is 6.07 Å².